The third-order valence-electron chi connectivity index (χ3n) is 3.36. The molecule has 0 spiro atoms. The number of hydrogen-bond acceptors (Lipinski definition) is 4. The van der Waals surface area contributed by atoms with E-state index in [1.807, 2.05) is 17.8 Å². The van der Waals surface area contributed by atoms with E-state index in [0.717, 1.165) is 23.6 Å². The number of ketones is 1. The molecule has 1 saturated heterocycles. The lowest BCUT2D eigenvalue weighted by molar-refractivity contribution is 0.101. The van der Waals surface area contributed by atoms with Crippen molar-refractivity contribution < 1.29 is 9.90 Å². The van der Waals surface area contributed by atoms with Crippen LogP contribution in [-0.4, -0.2) is 39.9 Å². The normalized spacial score (nSPS) is 20.9. The van der Waals surface area contributed by atoms with Gasteiger partial charge in [-0.2, -0.15) is 11.8 Å². The Balaban J connectivity index is 2.17. The average Bonchev–Trinajstić information content (AvgIpc) is 2.34. The third-order valence-corrected chi connectivity index (χ3v) is 4.55. The Bertz CT molecular complexity index is 447. The predicted molar refractivity (Wildman–Crippen MR) is 75.3 cm³/mol. The highest BCUT2D eigenvalue weighted by Gasteiger charge is 2.20. The summed E-state index contributed by atoms with van der Waals surface area (Å²) >= 11 is 1.97. The maximum absolute atomic E-state index is 11.4. The fourth-order valence-electron chi connectivity index (χ4n) is 2.15. The highest BCUT2D eigenvalue weighted by molar-refractivity contribution is 7.99. The first kappa shape index (κ1) is 13.4. The molecule has 0 radical (unpaired) electrons. The summed E-state index contributed by atoms with van der Waals surface area (Å²) in [6.07, 6.45) is 0. The van der Waals surface area contributed by atoms with Gasteiger partial charge in [0, 0.05) is 41.8 Å². The summed E-state index contributed by atoms with van der Waals surface area (Å²) in [5, 5.41) is 9.89. The number of rotatable bonds is 3. The predicted octanol–water partition coefficient (Wildman–Crippen LogP) is 2.53. The number of hydrogen-bond donors (Lipinski definition) is 1. The summed E-state index contributed by atoms with van der Waals surface area (Å²) in [5.74, 6) is 2.59. The van der Waals surface area contributed by atoms with Crippen LogP contribution in [0.25, 0.3) is 0 Å². The van der Waals surface area contributed by atoms with Crippen LogP contribution in [-0.2, 0) is 6.54 Å². The molecular weight excluding hydrogens is 246 g/mol. The molecule has 0 saturated carbocycles. The molecule has 2 rings (SSSR count). The summed E-state index contributed by atoms with van der Waals surface area (Å²) in [7, 11) is 0. The number of carbonyl (C=O) groups is 1. The highest BCUT2D eigenvalue weighted by atomic mass is 32.2. The lowest BCUT2D eigenvalue weighted by Crippen LogP contribution is -2.39. The Morgan fingerprint density at radius 1 is 1.56 bits per heavy atom. The Hall–Kier alpha value is -1.00. The zero-order chi connectivity index (χ0) is 13.1. The van der Waals surface area contributed by atoms with Crippen LogP contribution in [0.2, 0.25) is 0 Å². The topological polar surface area (TPSA) is 40.5 Å². The SMILES string of the molecule is CC(=O)c1ccc(O)c(CN2CCSCC2C)c1. The van der Waals surface area contributed by atoms with Crippen molar-refractivity contribution in [3.8, 4) is 5.75 Å². The number of Topliss-reactive ketones (excluding diaryl/α,β-unsaturated/α-hetero) is 1. The number of aromatic hydroxyl groups is 1. The summed E-state index contributed by atoms with van der Waals surface area (Å²) in [5.41, 5.74) is 1.52. The van der Waals surface area contributed by atoms with E-state index in [1.54, 1.807) is 19.1 Å². The van der Waals surface area contributed by atoms with E-state index in [1.165, 1.54) is 0 Å². The molecule has 1 N–H and O–H groups in total. The van der Waals surface area contributed by atoms with Gasteiger partial charge in [0.15, 0.2) is 5.78 Å². The van der Waals surface area contributed by atoms with Gasteiger partial charge in [-0.05, 0) is 32.0 Å². The first-order valence-electron chi connectivity index (χ1n) is 6.22. The lowest BCUT2D eigenvalue weighted by atomic mass is 10.1. The molecular formula is C14H19NO2S. The Kier molecular flexibility index (Phi) is 4.30. The summed E-state index contributed by atoms with van der Waals surface area (Å²) in [4.78, 5) is 13.7. The molecule has 1 atom stereocenters. The van der Waals surface area contributed by atoms with Gasteiger partial charge in [-0.15, -0.1) is 0 Å². The zero-order valence-electron chi connectivity index (χ0n) is 10.8. The van der Waals surface area contributed by atoms with Crippen molar-refractivity contribution in [2.75, 3.05) is 18.1 Å². The van der Waals surface area contributed by atoms with E-state index < -0.39 is 0 Å². The zero-order valence-corrected chi connectivity index (χ0v) is 11.7. The molecule has 1 aliphatic heterocycles. The van der Waals surface area contributed by atoms with Crippen molar-refractivity contribution in [1.82, 2.24) is 4.90 Å². The highest BCUT2D eigenvalue weighted by Crippen LogP contribution is 2.24. The van der Waals surface area contributed by atoms with Gasteiger partial charge in [0.2, 0.25) is 0 Å². The van der Waals surface area contributed by atoms with Gasteiger partial charge in [0.05, 0.1) is 0 Å². The number of carbonyl (C=O) groups excluding carboxylic acids is 1. The molecule has 1 unspecified atom stereocenters. The van der Waals surface area contributed by atoms with Crippen molar-refractivity contribution in [2.24, 2.45) is 0 Å². The van der Waals surface area contributed by atoms with E-state index in [0.29, 0.717) is 18.2 Å². The lowest BCUT2D eigenvalue weighted by Gasteiger charge is -2.33. The fraction of sp³-hybridized carbons (Fsp3) is 0.500. The van der Waals surface area contributed by atoms with Gasteiger partial charge >= 0.3 is 0 Å². The van der Waals surface area contributed by atoms with Crippen LogP contribution >= 0.6 is 11.8 Å². The third kappa shape index (κ3) is 3.06. The molecule has 1 aliphatic rings. The van der Waals surface area contributed by atoms with Gasteiger partial charge in [-0.3, -0.25) is 9.69 Å². The van der Waals surface area contributed by atoms with Crippen LogP contribution in [0, 0.1) is 0 Å². The van der Waals surface area contributed by atoms with Crippen LogP contribution in [0.1, 0.15) is 29.8 Å². The van der Waals surface area contributed by atoms with Crippen molar-refractivity contribution in [3.05, 3.63) is 29.3 Å². The van der Waals surface area contributed by atoms with Crippen molar-refractivity contribution in [3.63, 3.8) is 0 Å². The van der Waals surface area contributed by atoms with Crippen LogP contribution < -0.4 is 0 Å². The molecule has 1 aromatic rings. The second-order valence-corrected chi connectivity index (χ2v) is 5.94. The van der Waals surface area contributed by atoms with Gasteiger partial charge < -0.3 is 5.11 Å². The Labute approximate surface area is 112 Å². The molecule has 0 aromatic heterocycles. The standard InChI is InChI=1S/C14H19NO2S/c1-10-9-18-6-5-15(10)8-13-7-12(11(2)16)3-4-14(13)17/h3-4,7,10,17H,5-6,8-9H2,1-2H3. The molecule has 1 heterocycles. The summed E-state index contributed by atoms with van der Waals surface area (Å²) < 4.78 is 0. The minimum absolute atomic E-state index is 0.0403. The maximum atomic E-state index is 11.4. The van der Waals surface area contributed by atoms with Crippen molar-refractivity contribution in [2.45, 2.75) is 26.4 Å². The van der Waals surface area contributed by atoms with Crippen LogP contribution in [0.4, 0.5) is 0 Å². The number of nitrogens with zero attached hydrogens (tertiary/aromatic N) is 1. The molecule has 1 fully saturated rings. The average molecular weight is 265 g/mol. The quantitative estimate of drug-likeness (QED) is 0.853. The molecule has 0 amide bonds. The Morgan fingerprint density at radius 3 is 3.00 bits per heavy atom. The van der Waals surface area contributed by atoms with E-state index in [2.05, 4.69) is 11.8 Å². The van der Waals surface area contributed by atoms with Gasteiger partial charge in [0.1, 0.15) is 5.75 Å². The molecule has 3 nitrogen and oxygen atoms in total. The van der Waals surface area contributed by atoms with Crippen molar-refractivity contribution in [1.29, 1.82) is 0 Å². The molecule has 4 heteroatoms. The first-order valence-corrected chi connectivity index (χ1v) is 7.38. The Morgan fingerprint density at radius 2 is 2.33 bits per heavy atom. The fourth-order valence-corrected chi connectivity index (χ4v) is 3.23. The van der Waals surface area contributed by atoms with Crippen LogP contribution in [0.3, 0.4) is 0 Å². The van der Waals surface area contributed by atoms with Gasteiger partial charge in [-0.25, -0.2) is 0 Å². The van der Waals surface area contributed by atoms with E-state index in [4.69, 9.17) is 0 Å². The maximum Gasteiger partial charge on any atom is 0.159 e. The summed E-state index contributed by atoms with van der Waals surface area (Å²) in [6, 6.07) is 5.63. The minimum atomic E-state index is 0.0403. The molecule has 98 valence electrons. The van der Waals surface area contributed by atoms with E-state index in [9.17, 15) is 9.90 Å². The van der Waals surface area contributed by atoms with Crippen molar-refractivity contribution >= 4 is 17.5 Å². The number of thioether (sulfide) groups is 1. The van der Waals surface area contributed by atoms with Gasteiger partial charge in [0.25, 0.3) is 0 Å². The molecule has 18 heavy (non-hydrogen) atoms. The second-order valence-electron chi connectivity index (χ2n) is 4.79. The van der Waals surface area contributed by atoms with Gasteiger partial charge in [-0.1, -0.05) is 0 Å². The molecule has 1 aromatic carbocycles. The number of phenolic OH excluding ortho intramolecular Hbond substituents is 1. The largest absolute Gasteiger partial charge is 0.508 e. The monoisotopic (exact) mass is 265 g/mol. The smallest absolute Gasteiger partial charge is 0.159 e. The van der Waals surface area contributed by atoms with E-state index >= 15 is 0 Å². The van der Waals surface area contributed by atoms with Crippen LogP contribution in [0.5, 0.6) is 5.75 Å². The molecule has 0 aliphatic carbocycles. The second kappa shape index (κ2) is 5.76. The summed E-state index contributed by atoms with van der Waals surface area (Å²) in [6.45, 7) is 5.51. The van der Waals surface area contributed by atoms with Crippen LogP contribution in [0.15, 0.2) is 18.2 Å². The molecule has 0 bridgehead atoms. The number of phenols is 1. The first-order chi connectivity index (χ1) is 8.58. The minimum Gasteiger partial charge on any atom is -0.508 e. The number of benzene rings is 1. The van der Waals surface area contributed by atoms with E-state index in [-0.39, 0.29) is 11.5 Å².